The van der Waals surface area contributed by atoms with Crippen LogP contribution in [0.1, 0.15) is 35.9 Å². The van der Waals surface area contributed by atoms with Gasteiger partial charge in [-0.15, -0.1) is 23.1 Å². The highest BCUT2D eigenvalue weighted by Crippen LogP contribution is 2.43. The van der Waals surface area contributed by atoms with Crippen LogP contribution >= 0.6 is 23.1 Å². The number of aliphatic hydroxyl groups is 1. The van der Waals surface area contributed by atoms with Crippen LogP contribution in [-0.4, -0.2) is 17.0 Å². The molecule has 1 aromatic carbocycles. The van der Waals surface area contributed by atoms with Gasteiger partial charge in [-0.2, -0.15) is 0 Å². The Morgan fingerprint density at radius 3 is 2.54 bits per heavy atom. The Kier molecular flexibility index (Phi) is 6.76. The summed E-state index contributed by atoms with van der Waals surface area (Å²) in [5, 5.41) is 10.5. The standard InChI is InChI=1S/C21H26F2OS2/c1-13-8-21(24)20(12-25-18-10-15(22)9-16(23)11-18)19(13)5-3-4-17-7-6-14(2)26-17/h6-7,9-11,13,19-21,24H,3-5,8,12H2,1-2H3/t13-,19+,20-,21-/m1/s1. The van der Waals surface area contributed by atoms with Crippen molar-refractivity contribution in [2.45, 2.75) is 50.5 Å². The number of thioether (sulfide) groups is 1. The molecule has 1 N–H and O–H groups in total. The summed E-state index contributed by atoms with van der Waals surface area (Å²) in [5.41, 5.74) is 0. The van der Waals surface area contributed by atoms with Crippen LogP contribution < -0.4 is 0 Å². The van der Waals surface area contributed by atoms with E-state index in [1.54, 1.807) is 0 Å². The van der Waals surface area contributed by atoms with Crippen LogP contribution in [0.4, 0.5) is 8.78 Å². The van der Waals surface area contributed by atoms with E-state index in [0.717, 1.165) is 31.7 Å². The molecule has 0 unspecified atom stereocenters. The highest BCUT2D eigenvalue weighted by molar-refractivity contribution is 7.99. The van der Waals surface area contributed by atoms with E-state index < -0.39 is 11.6 Å². The molecule has 2 aromatic rings. The first kappa shape index (κ1) is 19.8. The van der Waals surface area contributed by atoms with Crippen LogP contribution in [-0.2, 0) is 6.42 Å². The average Bonchev–Trinajstić information content (AvgIpc) is 3.08. The molecule has 0 amide bonds. The lowest BCUT2D eigenvalue weighted by atomic mass is 9.86. The normalized spacial score (nSPS) is 25.7. The molecular formula is C21H26F2OS2. The Morgan fingerprint density at radius 1 is 1.15 bits per heavy atom. The first-order valence-corrected chi connectivity index (χ1v) is 11.0. The van der Waals surface area contributed by atoms with Gasteiger partial charge in [0.05, 0.1) is 6.10 Å². The predicted octanol–water partition coefficient (Wildman–Crippen LogP) is 6.08. The summed E-state index contributed by atoms with van der Waals surface area (Å²) in [7, 11) is 0. The van der Waals surface area contributed by atoms with Gasteiger partial charge in [-0.1, -0.05) is 6.92 Å². The average molecular weight is 397 g/mol. The summed E-state index contributed by atoms with van der Waals surface area (Å²) in [6, 6.07) is 8.00. The first-order valence-electron chi connectivity index (χ1n) is 9.24. The summed E-state index contributed by atoms with van der Waals surface area (Å²) in [6.45, 7) is 4.35. The second-order valence-electron chi connectivity index (χ2n) is 7.43. The van der Waals surface area contributed by atoms with Crippen LogP contribution in [0.25, 0.3) is 0 Å². The van der Waals surface area contributed by atoms with Crippen LogP contribution in [0, 0.1) is 36.3 Å². The topological polar surface area (TPSA) is 20.2 Å². The van der Waals surface area contributed by atoms with Gasteiger partial charge in [0.2, 0.25) is 0 Å². The lowest BCUT2D eigenvalue weighted by molar-refractivity contribution is 0.128. The molecule has 0 saturated heterocycles. The number of halogens is 2. The van der Waals surface area contributed by atoms with Crippen molar-refractivity contribution in [1.29, 1.82) is 0 Å². The number of hydrogen-bond acceptors (Lipinski definition) is 3. The zero-order chi connectivity index (χ0) is 18.7. The fraction of sp³-hybridized carbons (Fsp3) is 0.524. The number of aryl methyl sites for hydroxylation is 2. The fourth-order valence-corrected chi connectivity index (χ4v) is 6.29. The molecule has 1 saturated carbocycles. The minimum absolute atomic E-state index is 0.186. The van der Waals surface area contributed by atoms with Crippen LogP contribution in [0.15, 0.2) is 35.2 Å². The third-order valence-corrected chi connectivity index (χ3v) is 7.60. The smallest absolute Gasteiger partial charge is 0.127 e. The van der Waals surface area contributed by atoms with Gasteiger partial charge < -0.3 is 5.11 Å². The number of benzene rings is 1. The maximum Gasteiger partial charge on any atom is 0.127 e. The Hall–Kier alpha value is -0.910. The molecule has 1 aliphatic carbocycles. The molecule has 4 atom stereocenters. The molecule has 1 heterocycles. The third-order valence-electron chi connectivity index (χ3n) is 5.42. The van der Waals surface area contributed by atoms with E-state index in [4.69, 9.17) is 0 Å². The Morgan fingerprint density at radius 2 is 1.88 bits per heavy atom. The van der Waals surface area contributed by atoms with Crippen LogP contribution in [0.5, 0.6) is 0 Å². The molecule has 0 bridgehead atoms. The van der Waals surface area contributed by atoms with Gasteiger partial charge in [0.25, 0.3) is 0 Å². The van der Waals surface area contributed by atoms with E-state index in [9.17, 15) is 13.9 Å². The van der Waals surface area contributed by atoms with E-state index in [1.165, 1.54) is 33.6 Å². The van der Waals surface area contributed by atoms with Gasteiger partial charge in [0.1, 0.15) is 11.6 Å². The number of aliphatic hydroxyl groups excluding tert-OH is 1. The lowest BCUT2D eigenvalue weighted by Gasteiger charge is -2.24. The monoisotopic (exact) mass is 396 g/mol. The van der Waals surface area contributed by atoms with Crippen molar-refractivity contribution < 1.29 is 13.9 Å². The largest absolute Gasteiger partial charge is 0.393 e. The molecule has 0 spiro atoms. The highest BCUT2D eigenvalue weighted by atomic mass is 32.2. The van der Waals surface area contributed by atoms with Crippen molar-refractivity contribution in [3.05, 3.63) is 51.7 Å². The molecule has 3 rings (SSSR count). The first-order chi connectivity index (χ1) is 12.4. The Balaban J connectivity index is 1.56. The van der Waals surface area contributed by atoms with E-state index in [-0.39, 0.29) is 12.0 Å². The zero-order valence-corrected chi connectivity index (χ0v) is 16.9. The second kappa shape index (κ2) is 8.85. The summed E-state index contributed by atoms with van der Waals surface area (Å²) >= 11 is 3.31. The van der Waals surface area contributed by atoms with Crippen molar-refractivity contribution in [1.82, 2.24) is 0 Å². The number of thiophene rings is 1. The van der Waals surface area contributed by atoms with E-state index >= 15 is 0 Å². The summed E-state index contributed by atoms with van der Waals surface area (Å²) in [6.07, 6.45) is 3.82. The molecule has 142 valence electrons. The van der Waals surface area contributed by atoms with Crippen molar-refractivity contribution >= 4 is 23.1 Å². The zero-order valence-electron chi connectivity index (χ0n) is 15.3. The van der Waals surface area contributed by atoms with Crippen LogP contribution in [0.2, 0.25) is 0 Å². The highest BCUT2D eigenvalue weighted by Gasteiger charge is 2.39. The molecule has 26 heavy (non-hydrogen) atoms. The lowest BCUT2D eigenvalue weighted by Crippen LogP contribution is -2.22. The summed E-state index contributed by atoms with van der Waals surface area (Å²) in [4.78, 5) is 3.37. The van der Waals surface area contributed by atoms with Crippen LogP contribution in [0.3, 0.4) is 0 Å². The molecule has 1 aromatic heterocycles. The summed E-state index contributed by atoms with van der Waals surface area (Å²) < 4.78 is 26.7. The minimum atomic E-state index is -0.546. The van der Waals surface area contributed by atoms with E-state index in [0.29, 0.717) is 22.5 Å². The van der Waals surface area contributed by atoms with Gasteiger partial charge >= 0.3 is 0 Å². The molecule has 0 aliphatic heterocycles. The molecule has 1 fully saturated rings. The number of hydrogen-bond donors (Lipinski definition) is 1. The molecular weight excluding hydrogens is 370 g/mol. The summed E-state index contributed by atoms with van der Waals surface area (Å²) in [5.74, 6) is 0.761. The van der Waals surface area contributed by atoms with Gasteiger partial charge in [-0.25, -0.2) is 8.78 Å². The van der Waals surface area contributed by atoms with Gasteiger partial charge in [0, 0.05) is 26.5 Å². The quantitative estimate of drug-likeness (QED) is 0.572. The SMILES string of the molecule is Cc1ccc(CCC[C@@H]2[C@@H](CSc3cc(F)cc(F)c3)[C@H](O)C[C@H]2C)s1. The molecule has 0 radical (unpaired) electrons. The van der Waals surface area contributed by atoms with Gasteiger partial charge in [-0.05, 0) is 74.6 Å². The second-order valence-corrected chi connectivity index (χ2v) is 9.89. The van der Waals surface area contributed by atoms with E-state index in [2.05, 4.69) is 26.0 Å². The third kappa shape index (κ3) is 5.08. The van der Waals surface area contributed by atoms with Crippen molar-refractivity contribution in [3.8, 4) is 0 Å². The van der Waals surface area contributed by atoms with Crippen molar-refractivity contribution in [3.63, 3.8) is 0 Å². The van der Waals surface area contributed by atoms with Crippen molar-refractivity contribution in [2.24, 2.45) is 17.8 Å². The van der Waals surface area contributed by atoms with Gasteiger partial charge in [0.15, 0.2) is 0 Å². The minimum Gasteiger partial charge on any atom is -0.393 e. The van der Waals surface area contributed by atoms with Crippen molar-refractivity contribution in [2.75, 3.05) is 5.75 Å². The fourth-order valence-electron chi connectivity index (χ4n) is 4.11. The molecule has 1 aliphatic rings. The maximum absolute atomic E-state index is 13.4. The Bertz CT molecular complexity index is 710. The molecule has 1 nitrogen and oxygen atoms in total. The maximum atomic E-state index is 13.4. The van der Waals surface area contributed by atoms with E-state index in [1.807, 2.05) is 11.3 Å². The Labute approximate surface area is 162 Å². The molecule has 5 heteroatoms. The predicted molar refractivity (Wildman–Crippen MR) is 106 cm³/mol. The number of rotatable bonds is 7. The van der Waals surface area contributed by atoms with Gasteiger partial charge in [-0.3, -0.25) is 0 Å².